The van der Waals surface area contributed by atoms with E-state index >= 15 is 0 Å². The van der Waals surface area contributed by atoms with Crippen LogP contribution >= 0.6 is 0 Å². The van der Waals surface area contributed by atoms with E-state index in [0.29, 0.717) is 0 Å². The van der Waals surface area contributed by atoms with Crippen molar-refractivity contribution in [3.05, 3.63) is 65.2 Å². The molecule has 0 saturated heterocycles. The van der Waals surface area contributed by atoms with Gasteiger partial charge in [0.15, 0.2) is 0 Å². The van der Waals surface area contributed by atoms with E-state index in [0.717, 1.165) is 29.8 Å². The molecule has 1 unspecified atom stereocenters. The Labute approximate surface area is 113 Å². The number of rotatable bonds is 5. The zero-order valence-corrected chi connectivity index (χ0v) is 11.4. The summed E-state index contributed by atoms with van der Waals surface area (Å²) < 4.78 is 13.6. The Morgan fingerprint density at radius 2 is 2.11 bits per heavy atom. The van der Waals surface area contributed by atoms with Gasteiger partial charge in [-0.3, -0.25) is 4.98 Å². The number of hydrogen-bond acceptors (Lipinski definition) is 2. The molecule has 1 N–H and O–H groups in total. The van der Waals surface area contributed by atoms with Gasteiger partial charge in [0.25, 0.3) is 0 Å². The summed E-state index contributed by atoms with van der Waals surface area (Å²) in [5.41, 5.74) is 2.76. The number of pyridine rings is 1. The second kappa shape index (κ2) is 6.43. The van der Waals surface area contributed by atoms with Gasteiger partial charge in [0.1, 0.15) is 5.82 Å². The number of nitrogens with one attached hydrogen (secondary N) is 1. The van der Waals surface area contributed by atoms with Crippen LogP contribution in [0.4, 0.5) is 4.39 Å². The topological polar surface area (TPSA) is 24.9 Å². The summed E-state index contributed by atoms with van der Waals surface area (Å²) in [6.07, 6.45) is 2.79. The van der Waals surface area contributed by atoms with Crippen LogP contribution in [-0.4, -0.2) is 11.5 Å². The standard InChI is InChI=1S/C16H19FN2/c1-3-7-19-16(15-6-4-5-8-18-15)13-9-12(2)10-14(17)11-13/h4-6,8-11,16,19H,3,7H2,1-2H3. The quantitative estimate of drug-likeness (QED) is 0.886. The second-order valence-corrected chi connectivity index (χ2v) is 4.70. The first-order valence-electron chi connectivity index (χ1n) is 6.62. The Morgan fingerprint density at radius 1 is 1.26 bits per heavy atom. The van der Waals surface area contributed by atoms with Gasteiger partial charge in [-0.1, -0.05) is 19.1 Å². The smallest absolute Gasteiger partial charge is 0.123 e. The van der Waals surface area contributed by atoms with Gasteiger partial charge in [-0.05, 0) is 55.3 Å². The molecule has 1 atom stereocenters. The van der Waals surface area contributed by atoms with Crippen LogP contribution < -0.4 is 5.32 Å². The predicted molar refractivity (Wildman–Crippen MR) is 75.5 cm³/mol. The zero-order chi connectivity index (χ0) is 13.7. The minimum absolute atomic E-state index is 0.0597. The number of halogens is 1. The van der Waals surface area contributed by atoms with Crippen molar-refractivity contribution < 1.29 is 4.39 Å². The number of hydrogen-bond donors (Lipinski definition) is 1. The maximum atomic E-state index is 13.6. The van der Waals surface area contributed by atoms with E-state index in [1.54, 1.807) is 18.3 Å². The highest BCUT2D eigenvalue weighted by Crippen LogP contribution is 2.22. The van der Waals surface area contributed by atoms with Crippen molar-refractivity contribution in [2.75, 3.05) is 6.54 Å². The number of benzene rings is 1. The van der Waals surface area contributed by atoms with Crippen molar-refractivity contribution in [3.8, 4) is 0 Å². The molecule has 0 amide bonds. The van der Waals surface area contributed by atoms with Crippen LogP contribution in [0, 0.1) is 12.7 Å². The van der Waals surface area contributed by atoms with E-state index in [1.165, 1.54) is 0 Å². The predicted octanol–water partition coefficient (Wildman–Crippen LogP) is 3.62. The Bertz CT molecular complexity index is 505. The van der Waals surface area contributed by atoms with Gasteiger partial charge in [0, 0.05) is 6.20 Å². The summed E-state index contributed by atoms with van der Waals surface area (Å²) in [5, 5.41) is 3.43. The molecule has 0 radical (unpaired) electrons. The highest BCUT2D eigenvalue weighted by Gasteiger charge is 2.15. The van der Waals surface area contributed by atoms with Crippen molar-refractivity contribution >= 4 is 0 Å². The van der Waals surface area contributed by atoms with E-state index in [-0.39, 0.29) is 11.9 Å². The van der Waals surface area contributed by atoms with Crippen molar-refractivity contribution in [3.63, 3.8) is 0 Å². The molecule has 2 rings (SSSR count). The number of aromatic nitrogens is 1. The van der Waals surface area contributed by atoms with E-state index in [1.807, 2.05) is 31.2 Å². The fraction of sp³-hybridized carbons (Fsp3) is 0.312. The average Bonchev–Trinajstić information content (AvgIpc) is 2.39. The molecule has 0 aliphatic rings. The first-order valence-corrected chi connectivity index (χ1v) is 6.62. The SMILES string of the molecule is CCCNC(c1cc(C)cc(F)c1)c1ccccn1. The van der Waals surface area contributed by atoms with E-state index in [2.05, 4.69) is 17.2 Å². The molecule has 0 aliphatic heterocycles. The summed E-state index contributed by atoms with van der Waals surface area (Å²) in [5.74, 6) is -0.200. The summed E-state index contributed by atoms with van der Waals surface area (Å²) in [6, 6.07) is 10.9. The van der Waals surface area contributed by atoms with Crippen LogP contribution in [0.15, 0.2) is 42.6 Å². The molecule has 100 valence electrons. The Hall–Kier alpha value is -1.74. The minimum atomic E-state index is -0.200. The highest BCUT2D eigenvalue weighted by molar-refractivity contribution is 5.31. The van der Waals surface area contributed by atoms with Crippen molar-refractivity contribution in [1.29, 1.82) is 0 Å². The van der Waals surface area contributed by atoms with Crippen LogP contribution in [0.2, 0.25) is 0 Å². The highest BCUT2D eigenvalue weighted by atomic mass is 19.1. The third-order valence-electron chi connectivity index (χ3n) is 2.98. The zero-order valence-electron chi connectivity index (χ0n) is 11.4. The van der Waals surface area contributed by atoms with Gasteiger partial charge in [-0.15, -0.1) is 0 Å². The third kappa shape index (κ3) is 3.61. The third-order valence-corrected chi connectivity index (χ3v) is 2.98. The number of aryl methyl sites for hydroxylation is 1. The van der Waals surface area contributed by atoms with E-state index < -0.39 is 0 Å². The molecule has 2 aromatic rings. The molecule has 1 aromatic heterocycles. The second-order valence-electron chi connectivity index (χ2n) is 4.70. The van der Waals surface area contributed by atoms with Gasteiger partial charge in [0.2, 0.25) is 0 Å². The lowest BCUT2D eigenvalue weighted by Crippen LogP contribution is -2.24. The van der Waals surface area contributed by atoms with Crippen LogP contribution in [0.1, 0.15) is 36.2 Å². The largest absolute Gasteiger partial charge is 0.305 e. The summed E-state index contributed by atoms with van der Waals surface area (Å²) in [7, 11) is 0. The molecule has 0 spiro atoms. The Morgan fingerprint density at radius 3 is 2.74 bits per heavy atom. The summed E-state index contributed by atoms with van der Waals surface area (Å²) >= 11 is 0. The van der Waals surface area contributed by atoms with E-state index in [4.69, 9.17) is 0 Å². The molecule has 2 nitrogen and oxygen atoms in total. The van der Waals surface area contributed by atoms with Crippen molar-refractivity contribution in [1.82, 2.24) is 10.3 Å². The van der Waals surface area contributed by atoms with Crippen LogP contribution in [0.3, 0.4) is 0 Å². The molecule has 0 saturated carbocycles. The normalized spacial score (nSPS) is 12.4. The maximum Gasteiger partial charge on any atom is 0.123 e. The molecular weight excluding hydrogens is 239 g/mol. The average molecular weight is 258 g/mol. The van der Waals surface area contributed by atoms with Crippen molar-refractivity contribution in [2.45, 2.75) is 26.3 Å². The lowest BCUT2D eigenvalue weighted by molar-refractivity contribution is 0.575. The van der Waals surface area contributed by atoms with Gasteiger partial charge in [-0.2, -0.15) is 0 Å². The van der Waals surface area contributed by atoms with Gasteiger partial charge in [0.05, 0.1) is 11.7 Å². The summed E-state index contributed by atoms with van der Waals surface area (Å²) in [6.45, 7) is 4.89. The molecule has 1 aromatic carbocycles. The monoisotopic (exact) mass is 258 g/mol. The van der Waals surface area contributed by atoms with Gasteiger partial charge < -0.3 is 5.32 Å². The van der Waals surface area contributed by atoms with Crippen LogP contribution in [-0.2, 0) is 0 Å². The lowest BCUT2D eigenvalue weighted by Gasteiger charge is -2.19. The van der Waals surface area contributed by atoms with Crippen LogP contribution in [0.5, 0.6) is 0 Å². The Kier molecular flexibility index (Phi) is 4.63. The fourth-order valence-electron chi connectivity index (χ4n) is 2.16. The number of nitrogens with zero attached hydrogens (tertiary/aromatic N) is 1. The lowest BCUT2D eigenvalue weighted by atomic mass is 10.0. The molecule has 3 heteroatoms. The Balaban J connectivity index is 2.36. The molecule has 0 aliphatic carbocycles. The summed E-state index contributed by atoms with van der Waals surface area (Å²) in [4.78, 5) is 4.38. The minimum Gasteiger partial charge on any atom is -0.305 e. The van der Waals surface area contributed by atoms with Crippen molar-refractivity contribution in [2.24, 2.45) is 0 Å². The molecular formula is C16H19FN2. The van der Waals surface area contributed by atoms with E-state index in [9.17, 15) is 4.39 Å². The van der Waals surface area contributed by atoms with Gasteiger partial charge in [-0.25, -0.2) is 4.39 Å². The first-order chi connectivity index (χ1) is 9.20. The molecule has 1 heterocycles. The van der Waals surface area contributed by atoms with Gasteiger partial charge >= 0.3 is 0 Å². The first kappa shape index (κ1) is 13.7. The maximum absolute atomic E-state index is 13.6. The molecule has 19 heavy (non-hydrogen) atoms. The molecule has 0 bridgehead atoms. The molecule has 0 fully saturated rings. The van der Waals surface area contributed by atoms with Crippen LogP contribution in [0.25, 0.3) is 0 Å². The fourth-order valence-corrected chi connectivity index (χ4v) is 2.16.